The molecule has 1 aliphatic heterocycles. The molecule has 0 spiro atoms. The normalized spacial score (nSPS) is 16.0. The van der Waals surface area contributed by atoms with Crippen LogP contribution in [0.15, 0.2) is 29.2 Å². The van der Waals surface area contributed by atoms with Crippen LogP contribution in [0.2, 0.25) is 0 Å². The van der Waals surface area contributed by atoms with E-state index in [1.54, 1.807) is 6.07 Å². The third-order valence-electron chi connectivity index (χ3n) is 4.19. The molecule has 0 aliphatic carbocycles. The van der Waals surface area contributed by atoms with Gasteiger partial charge in [-0.15, -0.1) is 0 Å². The zero-order valence-corrected chi connectivity index (χ0v) is 13.6. The van der Waals surface area contributed by atoms with E-state index in [1.807, 2.05) is 19.2 Å². The van der Waals surface area contributed by atoms with Gasteiger partial charge in [0.25, 0.3) is 0 Å². The van der Waals surface area contributed by atoms with E-state index < -0.39 is 0 Å². The van der Waals surface area contributed by atoms with Crippen LogP contribution in [0, 0.1) is 11.7 Å². The minimum atomic E-state index is -0.0997. The lowest BCUT2D eigenvalue weighted by Crippen LogP contribution is -2.22. The predicted octanol–water partition coefficient (Wildman–Crippen LogP) is 2.78. The Kier molecular flexibility index (Phi) is 3.05. The standard InChI is InChI=1S/C16H15N5OS/c1-8-3-4-10-5-9(2)21-7-11(15-18-16(23)20-19-15)13(22)6-12(21)14(10)17-8/h3-4,6-7,9H,5H2,1-2H3,(H2,18,19,20,23)/t9-/m1/s1. The Morgan fingerprint density at radius 3 is 2.87 bits per heavy atom. The lowest BCUT2D eigenvalue weighted by molar-refractivity contribution is 0.531. The first kappa shape index (κ1) is 14.1. The Morgan fingerprint density at radius 1 is 1.30 bits per heavy atom. The molecule has 0 saturated carbocycles. The number of aryl methyl sites for hydroxylation is 1. The number of hydrogen-bond donors (Lipinski definition) is 2. The summed E-state index contributed by atoms with van der Waals surface area (Å²) in [6.07, 6.45) is 2.73. The van der Waals surface area contributed by atoms with Gasteiger partial charge in [-0.2, -0.15) is 4.98 Å². The van der Waals surface area contributed by atoms with Crippen molar-refractivity contribution in [2.45, 2.75) is 26.3 Å². The van der Waals surface area contributed by atoms with Crippen LogP contribution in [0.1, 0.15) is 24.2 Å². The minimum absolute atomic E-state index is 0.0997. The molecule has 0 fully saturated rings. The predicted molar refractivity (Wildman–Crippen MR) is 89.9 cm³/mol. The molecule has 0 unspecified atom stereocenters. The van der Waals surface area contributed by atoms with Gasteiger partial charge in [-0.25, -0.2) is 0 Å². The van der Waals surface area contributed by atoms with E-state index in [4.69, 9.17) is 12.2 Å². The van der Waals surface area contributed by atoms with Gasteiger partial charge in [-0.05, 0) is 44.1 Å². The maximum absolute atomic E-state index is 12.6. The van der Waals surface area contributed by atoms with Crippen LogP contribution in [0.4, 0.5) is 0 Å². The summed E-state index contributed by atoms with van der Waals surface area (Å²) < 4.78 is 2.43. The van der Waals surface area contributed by atoms with Crippen LogP contribution in [-0.2, 0) is 6.42 Å². The van der Waals surface area contributed by atoms with Crippen molar-refractivity contribution >= 4 is 12.2 Å². The van der Waals surface area contributed by atoms with Crippen LogP contribution in [0.3, 0.4) is 0 Å². The number of rotatable bonds is 1. The number of fused-ring (bicyclic) bond motifs is 3. The smallest absolute Gasteiger partial charge is 0.213 e. The Balaban J connectivity index is 1.98. The highest BCUT2D eigenvalue weighted by Gasteiger charge is 2.23. The van der Waals surface area contributed by atoms with Crippen molar-refractivity contribution in [3.8, 4) is 22.8 Å². The third-order valence-corrected chi connectivity index (χ3v) is 4.38. The summed E-state index contributed by atoms with van der Waals surface area (Å²) in [5.74, 6) is 0.463. The number of hydrogen-bond acceptors (Lipinski definition) is 4. The van der Waals surface area contributed by atoms with Crippen molar-refractivity contribution < 1.29 is 0 Å². The van der Waals surface area contributed by atoms with Crippen molar-refractivity contribution in [1.29, 1.82) is 0 Å². The van der Waals surface area contributed by atoms with E-state index in [1.165, 1.54) is 5.56 Å². The molecule has 1 atom stereocenters. The van der Waals surface area contributed by atoms with Crippen molar-refractivity contribution in [3.05, 3.63) is 50.6 Å². The summed E-state index contributed by atoms with van der Waals surface area (Å²) in [4.78, 5) is 21.3. The summed E-state index contributed by atoms with van der Waals surface area (Å²) in [5.41, 5.74) is 4.26. The fraction of sp³-hybridized carbons (Fsp3) is 0.250. The second-order valence-corrected chi connectivity index (χ2v) is 6.26. The molecule has 23 heavy (non-hydrogen) atoms. The van der Waals surface area contributed by atoms with Crippen LogP contribution in [0.5, 0.6) is 0 Å². The molecule has 116 valence electrons. The van der Waals surface area contributed by atoms with Crippen LogP contribution >= 0.6 is 12.2 Å². The number of nitrogens with one attached hydrogen (secondary N) is 2. The van der Waals surface area contributed by atoms with Crippen molar-refractivity contribution in [2.75, 3.05) is 0 Å². The van der Waals surface area contributed by atoms with E-state index in [0.29, 0.717) is 16.2 Å². The van der Waals surface area contributed by atoms with Crippen molar-refractivity contribution in [1.82, 2.24) is 24.7 Å². The van der Waals surface area contributed by atoms with Gasteiger partial charge in [-0.3, -0.25) is 20.0 Å². The molecule has 0 radical (unpaired) electrons. The van der Waals surface area contributed by atoms with Gasteiger partial charge in [0.05, 0.1) is 17.0 Å². The first-order valence-electron chi connectivity index (χ1n) is 7.41. The SMILES string of the molecule is Cc1ccc2c(n1)-c1cc(=O)c(-c3nc(=S)[nH][nH]3)cn1[C@H](C)C2. The number of nitrogens with zero attached hydrogens (tertiary/aromatic N) is 3. The maximum atomic E-state index is 12.6. The number of pyridine rings is 2. The molecule has 0 aromatic carbocycles. The lowest BCUT2D eigenvalue weighted by Gasteiger charge is -2.27. The molecule has 3 aromatic rings. The van der Waals surface area contributed by atoms with Gasteiger partial charge in [0, 0.05) is 24.0 Å². The molecule has 6 nitrogen and oxygen atoms in total. The highest BCUT2D eigenvalue weighted by molar-refractivity contribution is 7.71. The maximum Gasteiger partial charge on any atom is 0.213 e. The number of aromatic amines is 2. The summed E-state index contributed by atoms with van der Waals surface area (Å²) in [7, 11) is 0. The Hall–Kier alpha value is -2.54. The van der Waals surface area contributed by atoms with Crippen molar-refractivity contribution in [3.63, 3.8) is 0 Å². The van der Waals surface area contributed by atoms with Crippen LogP contribution in [0.25, 0.3) is 22.8 Å². The van der Waals surface area contributed by atoms with Crippen molar-refractivity contribution in [2.24, 2.45) is 0 Å². The van der Waals surface area contributed by atoms with Crippen LogP contribution in [-0.4, -0.2) is 24.7 Å². The average Bonchev–Trinajstić information content (AvgIpc) is 2.94. The van der Waals surface area contributed by atoms with E-state index >= 15 is 0 Å². The van der Waals surface area contributed by atoms with E-state index in [-0.39, 0.29) is 11.5 Å². The highest BCUT2D eigenvalue weighted by Crippen LogP contribution is 2.33. The molecule has 3 aromatic heterocycles. The highest BCUT2D eigenvalue weighted by atomic mass is 32.1. The fourth-order valence-corrected chi connectivity index (χ4v) is 3.21. The molecule has 4 heterocycles. The third kappa shape index (κ3) is 2.24. The first-order chi connectivity index (χ1) is 11.0. The Morgan fingerprint density at radius 2 is 2.13 bits per heavy atom. The second kappa shape index (κ2) is 4.99. The first-order valence-corrected chi connectivity index (χ1v) is 7.82. The largest absolute Gasteiger partial charge is 0.342 e. The molecule has 0 amide bonds. The molecular weight excluding hydrogens is 310 g/mol. The molecule has 0 saturated heterocycles. The molecule has 1 aliphatic rings. The van der Waals surface area contributed by atoms with E-state index in [2.05, 4.69) is 37.7 Å². The van der Waals surface area contributed by atoms with Gasteiger partial charge in [0.1, 0.15) is 0 Å². The fourth-order valence-electron chi connectivity index (χ4n) is 3.07. The van der Waals surface area contributed by atoms with Gasteiger partial charge in [0.15, 0.2) is 11.3 Å². The minimum Gasteiger partial charge on any atom is -0.342 e. The number of H-pyrrole nitrogens is 2. The second-order valence-electron chi connectivity index (χ2n) is 5.87. The molecular formula is C16H15N5OS. The quantitative estimate of drug-likeness (QED) is 0.674. The lowest BCUT2D eigenvalue weighted by atomic mass is 9.96. The molecule has 7 heteroatoms. The van der Waals surface area contributed by atoms with Gasteiger partial charge < -0.3 is 4.57 Å². The van der Waals surface area contributed by atoms with Gasteiger partial charge >= 0.3 is 0 Å². The number of aromatic nitrogens is 5. The van der Waals surface area contributed by atoms with Gasteiger partial charge in [-0.1, -0.05) is 6.07 Å². The molecule has 2 N–H and O–H groups in total. The van der Waals surface area contributed by atoms with Crippen LogP contribution < -0.4 is 5.43 Å². The molecule has 4 rings (SSSR count). The summed E-state index contributed by atoms with van der Waals surface area (Å²) in [5, 5.41) is 5.57. The summed E-state index contributed by atoms with van der Waals surface area (Å²) >= 11 is 4.97. The Labute approximate surface area is 137 Å². The molecule has 0 bridgehead atoms. The van der Waals surface area contributed by atoms with E-state index in [9.17, 15) is 4.79 Å². The average molecular weight is 325 g/mol. The monoisotopic (exact) mass is 325 g/mol. The zero-order chi connectivity index (χ0) is 16.1. The zero-order valence-electron chi connectivity index (χ0n) is 12.8. The van der Waals surface area contributed by atoms with E-state index in [0.717, 1.165) is 23.5 Å². The van der Waals surface area contributed by atoms with Gasteiger partial charge in [0.2, 0.25) is 4.77 Å². The topological polar surface area (TPSA) is 79.4 Å². The summed E-state index contributed by atoms with van der Waals surface area (Å²) in [6, 6.07) is 5.99. The summed E-state index contributed by atoms with van der Waals surface area (Å²) in [6.45, 7) is 4.09. The Bertz CT molecular complexity index is 1030.